The number of piperazine rings is 1. The molecule has 0 spiro atoms. The number of hydrogen-bond acceptors (Lipinski definition) is 10. The fourth-order valence-corrected chi connectivity index (χ4v) is 5.91. The number of aromatic amines is 2. The number of anilines is 2. The Labute approximate surface area is 300 Å². The minimum absolute atomic E-state index is 0.0107. The predicted molar refractivity (Wildman–Crippen MR) is 190 cm³/mol. The Kier molecular flexibility index (Phi) is 10.7. The number of nitrogens with one attached hydrogen (secondary N) is 4. The summed E-state index contributed by atoms with van der Waals surface area (Å²) in [6.45, 7) is 7.74. The molecule has 3 heterocycles. The monoisotopic (exact) mass is 766 g/mol. The second-order valence-corrected chi connectivity index (χ2v) is 13.9. The highest BCUT2D eigenvalue weighted by Crippen LogP contribution is 2.26. The molecule has 0 atom stereocenters. The molecule has 5 amide bonds. The van der Waals surface area contributed by atoms with E-state index in [9.17, 15) is 24.0 Å². The average molecular weight is 768 g/mol. The van der Waals surface area contributed by atoms with Gasteiger partial charge >= 0.3 is 6.09 Å². The van der Waals surface area contributed by atoms with Crippen LogP contribution in [-0.4, -0.2) is 103 Å². The molecule has 8 N–H and O–H groups in total. The van der Waals surface area contributed by atoms with Crippen molar-refractivity contribution in [3.8, 4) is 5.75 Å². The summed E-state index contributed by atoms with van der Waals surface area (Å²) in [4.78, 5) is 81.2. The lowest BCUT2D eigenvalue weighted by molar-refractivity contribution is -0.147. The number of rotatable bonds is 11. The van der Waals surface area contributed by atoms with E-state index in [1.165, 1.54) is 6.33 Å². The first-order valence-electron chi connectivity index (χ1n) is 15.9. The van der Waals surface area contributed by atoms with Crippen molar-refractivity contribution in [2.45, 2.75) is 45.3 Å². The van der Waals surface area contributed by atoms with Crippen molar-refractivity contribution in [3.63, 3.8) is 0 Å². The third-order valence-electron chi connectivity index (χ3n) is 8.09. The van der Waals surface area contributed by atoms with Crippen LogP contribution in [0.25, 0.3) is 11.0 Å². The summed E-state index contributed by atoms with van der Waals surface area (Å²) in [5, 5.41) is 5.43. The van der Waals surface area contributed by atoms with Crippen molar-refractivity contribution < 1.29 is 33.4 Å². The summed E-state index contributed by atoms with van der Waals surface area (Å²) in [6.07, 6.45) is 0.914. The van der Waals surface area contributed by atoms with E-state index in [1.807, 2.05) is 24.0 Å². The maximum atomic E-state index is 13.1. The molecule has 0 unspecified atom stereocenters. The number of hydrogen-bond donors (Lipinski definition) is 6. The van der Waals surface area contributed by atoms with Gasteiger partial charge in [-0.05, 0) is 63.9 Å². The van der Waals surface area contributed by atoms with Gasteiger partial charge in [0.15, 0.2) is 5.69 Å². The van der Waals surface area contributed by atoms with Crippen molar-refractivity contribution >= 4 is 68.3 Å². The van der Waals surface area contributed by atoms with Crippen LogP contribution in [0.5, 0.6) is 5.75 Å². The molecule has 0 aliphatic carbocycles. The molecular weight excluding hydrogens is 728 g/mol. The number of aryl methyl sites for hydroxylation is 1. The highest BCUT2D eigenvalue weighted by Gasteiger charge is 2.55. The van der Waals surface area contributed by atoms with E-state index in [4.69, 9.17) is 20.9 Å². The molecule has 1 aliphatic rings. The van der Waals surface area contributed by atoms with E-state index in [0.717, 1.165) is 14.9 Å². The number of ether oxygens (including phenoxy) is 2. The van der Waals surface area contributed by atoms with Crippen LogP contribution in [-0.2, 0) is 14.3 Å². The summed E-state index contributed by atoms with van der Waals surface area (Å²) < 4.78 is 12.1. The van der Waals surface area contributed by atoms with Gasteiger partial charge in [0.1, 0.15) is 17.0 Å². The van der Waals surface area contributed by atoms with Gasteiger partial charge in [0.2, 0.25) is 11.5 Å². The number of halogens is 1. The third-order valence-corrected chi connectivity index (χ3v) is 8.58. The average Bonchev–Trinajstić information content (AvgIpc) is 3.71. The maximum absolute atomic E-state index is 13.1. The molecule has 0 saturated carbocycles. The Hall–Kier alpha value is -5.49. The largest absolute Gasteiger partial charge is 0.493 e. The first-order valence-corrected chi connectivity index (χ1v) is 16.7. The summed E-state index contributed by atoms with van der Waals surface area (Å²) >= 11 is 3.39. The lowest BCUT2D eigenvalue weighted by atomic mass is 9.92. The molecule has 2 aromatic carbocycles. The highest BCUT2D eigenvalue weighted by molar-refractivity contribution is 9.10. The quantitative estimate of drug-likeness (QED) is 0.0963. The van der Waals surface area contributed by atoms with Crippen LogP contribution in [0, 0.1) is 6.92 Å². The number of aromatic nitrogens is 4. The van der Waals surface area contributed by atoms with Crippen molar-refractivity contribution in [2.24, 2.45) is 11.5 Å². The van der Waals surface area contributed by atoms with E-state index in [2.05, 4.69) is 46.5 Å². The zero-order valence-corrected chi connectivity index (χ0v) is 30.0. The smallest absolute Gasteiger partial charge is 0.411 e. The number of imidazole rings is 2. The van der Waals surface area contributed by atoms with Gasteiger partial charge in [-0.1, -0.05) is 22.0 Å². The Bertz CT molecular complexity index is 1970. The molecule has 270 valence electrons. The lowest BCUT2D eigenvalue weighted by Crippen LogP contribution is -2.74. The Morgan fingerprint density at radius 1 is 1.02 bits per heavy atom. The third kappa shape index (κ3) is 8.29. The van der Waals surface area contributed by atoms with Gasteiger partial charge in [0.05, 0.1) is 24.0 Å². The van der Waals surface area contributed by atoms with Crippen molar-refractivity contribution in [1.82, 2.24) is 29.7 Å². The van der Waals surface area contributed by atoms with Crippen LogP contribution in [0.4, 0.5) is 16.4 Å². The second-order valence-electron chi connectivity index (χ2n) is 13.0. The number of nitrogens with zero attached hydrogens (tertiary/aromatic N) is 4. The highest BCUT2D eigenvalue weighted by atomic mass is 79.9. The molecule has 4 aromatic rings. The van der Waals surface area contributed by atoms with E-state index in [1.54, 1.807) is 45.0 Å². The molecule has 18 heteroatoms. The van der Waals surface area contributed by atoms with Crippen LogP contribution < -0.4 is 26.8 Å². The minimum atomic E-state index is -2.07. The Morgan fingerprint density at radius 2 is 1.76 bits per heavy atom. The molecule has 0 bridgehead atoms. The van der Waals surface area contributed by atoms with Crippen molar-refractivity contribution in [1.29, 1.82) is 0 Å². The van der Waals surface area contributed by atoms with Crippen molar-refractivity contribution in [2.75, 3.05) is 43.4 Å². The van der Waals surface area contributed by atoms with E-state index < -0.39 is 40.9 Å². The fraction of sp³-hybridized carbons (Fsp3) is 0.364. The van der Waals surface area contributed by atoms with Crippen LogP contribution in [0.1, 0.15) is 53.7 Å². The maximum Gasteiger partial charge on any atom is 0.411 e. The standard InChI is InChI=1S/C33H39BrN10O7/c1-18-6-7-19(34)14-22(18)39-26(45)24-25(38-17-37-24)27(46)42-30-40-21-9-8-20(15-23(21)41-30)50-13-5-10-43-11-12-44(31(49)51-32(2,3)4)33(16-43,28(35)47)29(36)48/h6-9,14-15,17H,5,10-13,16H2,1-4H3,(H2,35,47)(H2,36,48)(H,37,38)(H,39,45)(H2,40,41,42,46). The predicted octanol–water partition coefficient (Wildman–Crippen LogP) is 2.89. The first kappa shape index (κ1) is 36.8. The number of fused-ring (bicyclic) bond motifs is 1. The second kappa shape index (κ2) is 14.8. The zero-order chi connectivity index (χ0) is 37.1. The molecule has 17 nitrogen and oxygen atoms in total. The minimum Gasteiger partial charge on any atom is -0.493 e. The van der Waals surface area contributed by atoms with E-state index in [0.29, 0.717) is 42.0 Å². The van der Waals surface area contributed by atoms with Crippen LogP contribution in [0.3, 0.4) is 0 Å². The number of nitrogens with two attached hydrogens (primary N) is 2. The molecule has 0 radical (unpaired) electrons. The van der Waals surface area contributed by atoms with E-state index >= 15 is 0 Å². The van der Waals surface area contributed by atoms with Gasteiger partial charge in [-0.3, -0.25) is 34.3 Å². The normalized spacial score (nSPS) is 14.6. The molecule has 5 rings (SSSR count). The summed E-state index contributed by atoms with van der Waals surface area (Å²) in [7, 11) is 0. The summed E-state index contributed by atoms with van der Waals surface area (Å²) in [5.41, 5.74) is 10.8. The molecule has 1 saturated heterocycles. The number of carbonyl (C=O) groups is 5. The first-order chi connectivity index (χ1) is 24.1. The topological polar surface area (TPSA) is 244 Å². The van der Waals surface area contributed by atoms with Gasteiger partial charge in [0, 0.05) is 42.4 Å². The number of carbonyl (C=O) groups excluding carboxylic acids is 5. The summed E-state index contributed by atoms with van der Waals surface area (Å²) in [6, 6.07) is 10.6. The number of H-pyrrole nitrogens is 2. The Balaban J connectivity index is 1.16. The van der Waals surface area contributed by atoms with Crippen molar-refractivity contribution in [3.05, 3.63) is 64.1 Å². The van der Waals surface area contributed by atoms with Crippen LogP contribution >= 0.6 is 15.9 Å². The molecule has 2 aromatic heterocycles. The van der Waals surface area contributed by atoms with Gasteiger partial charge in [-0.15, -0.1) is 0 Å². The SMILES string of the molecule is Cc1ccc(Br)cc1NC(=O)c1nc[nH]c1C(=O)Nc1nc2cc(OCCCN3CCN(C(=O)OC(C)(C)C)C(C(N)=O)(C(N)=O)C3)ccc2[nH]1. The van der Waals surface area contributed by atoms with Gasteiger partial charge < -0.3 is 36.2 Å². The van der Waals surface area contributed by atoms with Gasteiger partial charge in [-0.2, -0.15) is 0 Å². The Morgan fingerprint density at radius 3 is 2.47 bits per heavy atom. The van der Waals surface area contributed by atoms with Gasteiger partial charge in [-0.25, -0.2) is 14.8 Å². The lowest BCUT2D eigenvalue weighted by Gasteiger charge is -2.46. The summed E-state index contributed by atoms with van der Waals surface area (Å²) in [5.74, 6) is -2.59. The molecular formula is C33H39BrN10O7. The number of benzene rings is 2. The number of amides is 5. The molecule has 1 aliphatic heterocycles. The molecule has 51 heavy (non-hydrogen) atoms. The van der Waals surface area contributed by atoms with Crippen LogP contribution in [0.2, 0.25) is 0 Å². The van der Waals surface area contributed by atoms with Gasteiger partial charge in [0.25, 0.3) is 23.6 Å². The van der Waals surface area contributed by atoms with E-state index in [-0.39, 0.29) is 37.0 Å². The molecule has 1 fully saturated rings. The number of primary amides is 2. The zero-order valence-electron chi connectivity index (χ0n) is 28.5. The fourth-order valence-electron chi connectivity index (χ4n) is 5.55. The van der Waals surface area contributed by atoms with Crippen LogP contribution in [0.15, 0.2) is 47.2 Å².